The molecule has 3 fully saturated rings. The molecule has 3 unspecified atom stereocenters. The summed E-state index contributed by atoms with van der Waals surface area (Å²) in [6.07, 6.45) is 3.29. The number of ether oxygens (including phenoxy) is 1. The van der Waals surface area contributed by atoms with Crippen molar-refractivity contribution in [2.45, 2.75) is 43.9 Å². The van der Waals surface area contributed by atoms with Crippen molar-refractivity contribution in [2.24, 2.45) is 5.92 Å². The number of carbonyl (C=O) groups excluding carboxylic acids is 3. The number of benzene rings is 2. The predicted molar refractivity (Wildman–Crippen MR) is 107 cm³/mol. The van der Waals surface area contributed by atoms with Gasteiger partial charge in [-0.15, -0.1) is 0 Å². The summed E-state index contributed by atoms with van der Waals surface area (Å²) in [7, 11) is 0. The van der Waals surface area contributed by atoms with Crippen molar-refractivity contribution in [3.05, 3.63) is 48.0 Å². The van der Waals surface area contributed by atoms with Gasteiger partial charge < -0.3 is 15.0 Å². The van der Waals surface area contributed by atoms with E-state index in [1.54, 1.807) is 11.0 Å². The Morgan fingerprint density at radius 1 is 1.10 bits per heavy atom. The highest BCUT2D eigenvalue weighted by Crippen LogP contribution is 2.35. The normalized spacial score (nSPS) is 24.6. The first-order valence-electron chi connectivity index (χ1n) is 10.3. The van der Waals surface area contributed by atoms with Gasteiger partial charge in [0.1, 0.15) is 18.7 Å². The third kappa shape index (κ3) is 3.53. The third-order valence-corrected chi connectivity index (χ3v) is 6.28. The van der Waals surface area contributed by atoms with E-state index >= 15 is 0 Å². The van der Waals surface area contributed by atoms with E-state index in [9.17, 15) is 14.4 Å². The monoisotopic (exact) mass is 392 g/mol. The molecule has 3 atom stereocenters. The summed E-state index contributed by atoms with van der Waals surface area (Å²) in [5, 5.41) is 5.01. The van der Waals surface area contributed by atoms with E-state index < -0.39 is 12.1 Å². The van der Waals surface area contributed by atoms with Crippen molar-refractivity contribution in [2.75, 3.05) is 13.2 Å². The zero-order chi connectivity index (χ0) is 20.0. The summed E-state index contributed by atoms with van der Waals surface area (Å²) >= 11 is 0. The number of carbonyl (C=O) groups is 3. The van der Waals surface area contributed by atoms with Gasteiger partial charge in [-0.3, -0.25) is 14.4 Å². The summed E-state index contributed by atoms with van der Waals surface area (Å²) in [6.45, 7) is 0.586. The molecule has 1 N–H and O–H groups in total. The molecule has 0 bridgehead atoms. The number of ketones is 1. The van der Waals surface area contributed by atoms with Crippen LogP contribution in [0.2, 0.25) is 0 Å². The molecule has 0 aromatic heterocycles. The first kappa shape index (κ1) is 18.3. The lowest BCUT2D eigenvalue weighted by molar-refractivity contribution is -0.138. The Labute approximate surface area is 169 Å². The van der Waals surface area contributed by atoms with E-state index in [0.29, 0.717) is 30.9 Å². The Hall–Kier alpha value is -2.73. The van der Waals surface area contributed by atoms with Gasteiger partial charge in [0, 0.05) is 12.1 Å². The van der Waals surface area contributed by atoms with Crippen LogP contribution in [0.5, 0.6) is 0 Å². The van der Waals surface area contributed by atoms with Gasteiger partial charge in [0.2, 0.25) is 5.91 Å². The van der Waals surface area contributed by atoms with Crippen LogP contribution in [0.15, 0.2) is 42.5 Å². The highest BCUT2D eigenvalue weighted by atomic mass is 16.5. The highest BCUT2D eigenvalue weighted by molar-refractivity contribution is 6.01. The third-order valence-electron chi connectivity index (χ3n) is 6.28. The van der Waals surface area contributed by atoms with Gasteiger partial charge >= 0.3 is 0 Å². The Morgan fingerprint density at radius 2 is 1.90 bits per heavy atom. The average molecular weight is 392 g/mol. The molecule has 2 aliphatic heterocycles. The quantitative estimate of drug-likeness (QED) is 0.847. The van der Waals surface area contributed by atoms with Crippen LogP contribution in [0.3, 0.4) is 0 Å². The average Bonchev–Trinajstić information content (AvgIpc) is 3.33. The Morgan fingerprint density at radius 3 is 2.69 bits per heavy atom. The van der Waals surface area contributed by atoms with Crippen molar-refractivity contribution in [1.82, 2.24) is 10.2 Å². The summed E-state index contributed by atoms with van der Waals surface area (Å²) < 4.78 is 5.50. The Bertz CT molecular complexity index is 984. The van der Waals surface area contributed by atoms with Crippen LogP contribution in [-0.4, -0.2) is 53.8 Å². The fourth-order valence-electron chi connectivity index (χ4n) is 4.52. The minimum Gasteiger partial charge on any atom is -0.368 e. The van der Waals surface area contributed by atoms with Crippen LogP contribution in [-0.2, 0) is 14.3 Å². The van der Waals surface area contributed by atoms with Crippen molar-refractivity contribution in [3.8, 4) is 0 Å². The van der Waals surface area contributed by atoms with Gasteiger partial charge in [0.05, 0.1) is 6.10 Å². The van der Waals surface area contributed by atoms with Gasteiger partial charge in [0.25, 0.3) is 5.91 Å². The van der Waals surface area contributed by atoms with Crippen LogP contribution in [0.25, 0.3) is 10.8 Å². The lowest BCUT2D eigenvalue weighted by atomic mass is 10.0. The van der Waals surface area contributed by atoms with E-state index in [4.69, 9.17) is 4.74 Å². The van der Waals surface area contributed by atoms with Crippen molar-refractivity contribution >= 4 is 28.4 Å². The molecule has 5 rings (SSSR count). The van der Waals surface area contributed by atoms with Crippen LogP contribution < -0.4 is 5.32 Å². The molecule has 6 nitrogen and oxygen atoms in total. The SMILES string of the molecule is O=C(NC(CC1CC1)C(=O)N1CCC2OCC(=O)C21)c1ccc2ccccc2c1. The molecule has 2 aromatic carbocycles. The second-order valence-corrected chi connectivity index (χ2v) is 8.35. The summed E-state index contributed by atoms with van der Waals surface area (Å²) in [6, 6.07) is 12.3. The molecule has 2 aromatic rings. The molecule has 150 valence electrons. The fraction of sp³-hybridized carbons (Fsp3) is 0.435. The zero-order valence-electron chi connectivity index (χ0n) is 16.2. The van der Waals surface area contributed by atoms with Crippen LogP contribution in [0, 0.1) is 5.92 Å². The lowest BCUT2D eigenvalue weighted by Crippen LogP contribution is -2.52. The molecule has 0 spiro atoms. The standard InChI is InChI=1S/C23H24N2O4/c26-19-13-29-20-9-10-25(21(19)20)23(28)18(11-14-5-6-14)24-22(27)17-8-7-15-3-1-2-4-16(15)12-17/h1-4,7-8,12,14,18,20-21H,5-6,9-11,13H2,(H,24,27). The topological polar surface area (TPSA) is 75.7 Å². The van der Waals surface area contributed by atoms with E-state index in [2.05, 4.69) is 5.32 Å². The first-order chi connectivity index (χ1) is 14.1. The molecule has 0 radical (unpaired) electrons. The molecule has 6 heteroatoms. The summed E-state index contributed by atoms with van der Waals surface area (Å²) in [5.41, 5.74) is 0.539. The predicted octanol–water partition coefficient (Wildman–Crippen LogP) is 2.31. The molecule has 2 saturated heterocycles. The number of fused-ring (bicyclic) bond motifs is 2. The molecule has 1 aliphatic carbocycles. The molecule has 3 aliphatic rings. The first-order valence-corrected chi connectivity index (χ1v) is 10.3. The number of nitrogens with zero attached hydrogens (tertiary/aromatic N) is 1. The molecular weight excluding hydrogens is 368 g/mol. The maximum Gasteiger partial charge on any atom is 0.251 e. The minimum atomic E-state index is -0.603. The molecule has 2 heterocycles. The minimum absolute atomic E-state index is 0.0353. The number of nitrogens with one attached hydrogen (secondary N) is 1. The smallest absolute Gasteiger partial charge is 0.251 e. The van der Waals surface area contributed by atoms with E-state index in [-0.39, 0.29) is 30.3 Å². The number of hydrogen-bond acceptors (Lipinski definition) is 4. The van der Waals surface area contributed by atoms with Gasteiger partial charge in [-0.1, -0.05) is 43.2 Å². The number of rotatable bonds is 5. The van der Waals surface area contributed by atoms with Gasteiger partial charge in [-0.2, -0.15) is 0 Å². The molecule has 1 saturated carbocycles. The second-order valence-electron chi connectivity index (χ2n) is 8.35. The molecular formula is C23H24N2O4. The molecule has 29 heavy (non-hydrogen) atoms. The van der Waals surface area contributed by atoms with Crippen LogP contribution in [0.4, 0.5) is 0 Å². The maximum atomic E-state index is 13.3. The van der Waals surface area contributed by atoms with Crippen molar-refractivity contribution in [1.29, 1.82) is 0 Å². The summed E-state index contributed by atoms with van der Waals surface area (Å²) in [4.78, 5) is 40.0. The maximum absolute atomic E-state index is 13.3. The largest absolute Gasteiger partial charge is 0.368 e. The lowest BCUT2D eigenvalue weighted by Gasteiger charge is -2.27. The summed E-state index contributed by atoms with van der Waals surface area (Å²) in [5.74, 6) is 0.0264. The van der Waals surface area contributed by atoms with Crippen molar-refractivity contribution in [3.63, 3.8) is 0 Å². The van der Waals surface area contributed by atoms with Gasteiger partial charge in [0.15, 0.2) is 5.78 Å². The highest BCUT2D eigenvalue weighted by Gasteiger charge is 2.48. The fourth-order valence-corrected chi connectivity index (χ4v) is 4.52. The number of amides is 2. The van der Waals surface area contributed by atoms with Crippen LogP contribution in [0.1, 0.15) is 36.0 Å². The number of Topliss-reactive ketones (excluding diaryl/α,β-unsaturated/α-hetero) is 1. The second kappa shape index (κ2) is 7.26. The zero-order valence-corrected chi connectivity index (χ0v) is 16.2. The van der Waals surface area contributed by atoms with E-state index in [1.165, 1.54) is 0 Å². The van der Waals surface area contributed by atoms with Crippen LogP contribution >= 0.6 is 0 Å². The van der Waals surface area contributed by atoms with E-state index in [1.807, 2.05) is 36.4 Å². The van der Waals surface area contributed by atoms with Gasteiger partial charge in [-0.25, -0.2) is 0 Å². The number of likely N-dealkylation sites (tertiary alicyclic amines) is 1. The van der Waals surface area contributed by atoms with Crippen molar-refractivity contribution < 1.29 is 19.1 Å². The Kier molecular flexibility index (Phi) is 4.59. The van der Waals surface area contributed by atoms with E-state index in [0.717, 1.165) is 23.6 Å². The Balaban J connectivity index is 1.35. The van der Waals surface area contributed by atoms with Gasteiger partial charge in [-0.05, 0) is 41.7 Å². The number of hydrogen-bond donors (Lipinski definition) is 1. The molecule has 2 amide bonds.